The van der Waals surface area contributed by atoms with Crippen LogP contribution in [0.2, 0.25) is 0 Å². The number of hydrogen-bond acceptors (Lipinski definition) is 9. The van der Waals surface area contributed by atoms with Gasteiger partial charge in [-0.25, -0.2) is 0 Å². The van der Waals surface area contributed by atoms with Crippen LogP contribution >= 0.6 is 0 Å². The third-order valence-corrected chi connectivity index (χ3v) is 7.28. The quantitative estimate of drug-likeness (QED) is 0.122. The van der Waals surface area contributed by atoms with Gasteiger partial charge >= 0.3 is 25.8 Å². The number of benzene rings is 4. The predicted molar refractivity (Wildman–Crippen MR) is 181 cm³/mol. The van der Waals surface area contributed by atoms with Gasteiger partial charge in [0.25, 0.3) is 0 Å². The summed E-state index contributed by atoms with van der Waals surface area (Å²) in [6, 6.07) is 30.6. The topological polar surface area (TPSA) is 200 Å². The maximum Gasteiger partial charge on any atom is 0.429 e. The second kappa shape index (κ2) is 16.8. The molecule has 0 spiro atoms. The first-order valence-corrected chi connectivity index (χ1v) is 15.1. The second-order valence-corrected chi connectivity index (χ2v) is 10.9. The van der Waals surface area contributed by atoms with Crippen LogP contribution in [0.15, 0.2) is 109 Å². The van der Waals surface area contributed by atoms with Gasteiger partial charge in [0.1, 0.15) is 23.6 Å². The van der Waals surface area contributed by atoms with Crippen molar-refractivity contribution >= 4 is 59.4 Å². The molecule has 47 heavy (non-hydrogen) atoms. The molecule has 4 aromatic rings. The van der Waals surface area contributed by atoms with Crippen LogP contribution in [-0.2, 0) is 28.5 Å². The Morgan fingerprint density at radius 3 is 1.15 bits per heavy atom. The molecule has 0 heterocycles. The van der Waals surface area contributed by atoms with Crippen LogP contribution in [0.4, 0.5) is 0 Å². The van der Waals surface area contributed by atoms with E-state index in [1.54, 1.807) is 48.5 Å². The van der Waals surface area contributed by atoms with E-state index in [-0.39, 0.29) is 25.7 Å². The highest BCUT2D eigenvalue weighted by atomic mass is 16.5. The SMILES string of the molecule is NC(=O)CCC(N)C(=O)OB(c1ccccc1)c1ccc(Oc2ccc(B(OC(=O)C(N)CCC(N)=O)c3ccccc3)cc2)cc1. The Hall–Kier alpha value is -5.39. The molecule has 0 saturated heterocycles. The summed E-state index contributed by atoms with van der Waals surface area (Å²) in [6.45, 7) is -1.48. The smallest absolute Gasteiger partial charge is 0.429 e. The van der Waals surface area contributed by atoms with Gasteiger partial charge < -0.3 is 37.0 Å². The minimum Gasteiger partial charge on any atom is -0.525 e. The molecule has 0 radical (unpaired) electrons. The standard InChI is InChI=1S/C34H36B2N4O7/c37-29(19-21-31(39)41)33(43)46-35(23-7-3-1-4-8-23)25-11-15-27(16-12-25)45-28-17-13-26(14-18-28)36(24-9-5-2-6-10-24)47-34(44)30(38)20-22-32(40)42/h1-18,29-30H,19-22,37-38H2,(H2,39,41)(H2,40,42). The first kappa shape index (κ1) is 34.5. The number of amides is 2. The maximum absolute atomic E-state index is 12.8. The average Bonchev–Trinajstić information content (AvgIpc) is 3.08. The summed E-state index contributed by atoms with van der Waals surface area (Å²) >= 11 is 0. The summed E-state index contributed by atoms with van der Waals surface area (Å²) < 4.78 is 17.6. The Kier molecular flexibility index (Phi) is 12.3. The summed E-state index contributed by atoms with van der Waals surface area (Å²) in [6.07, 6.45) is 0.119. The molecule has 4 rings (SSSR count). The summed E-state index contributed by atoms with van der Waals surface area (Å²) in [7, 11) is 0. The first-order chi connectivity index (χ1) is 22.6. The third-order valence-electron chi connectivity index (χ3n) is 7.28. The zero-order chi connectivity index (χ0) is 33.8. The number of carbonyl (C=O) groups excluding carboxylic acids is 4. The zero-order valence-electron chi connectivity index (χ0n) is 25.7. The summed E-state index contributed by atoms with van der Waals surface area (Å²) in [5.74, 6) is -1.32. The molecule has 0 aromatic heterocycles. The number of nitrogens with two attached hydrogens (primary N) is 4. The van der Waals surface area contributed by atoms with E-state index in [9.17, 15) is 19.2 Å². The normalized spacial score (nSPS) is 11.9. The average molecular weight is 634 g/mol. The number of hydrogen-bond donors (Lipinski definition) is 4. The fourth-order valence-corrected chi connectivity index (χ4v) is 4.71. The fourth-order valence-electron chi connectivity index (χ4n) is 4.71. The number of rotatable bonds is 16. The Morgan fingerprint density at radius 2 is 0.830 bits per heavy atom. The highest BCUT2D eigenvalue weighted by Crippen LogP contribution is 2.20. The molecule has 11 nitrogen and oxygen atoms in total. The highest BCUT2D eigenvalue weighted by Gasteiger charge is 2.30. The van der Waals surface area contributed by atoms with Crippen molar-refractivity contribution in [3.63, 3.8) is 0 Å². The Bertz CT molecular complexity index is 1520. The van der Waals surface area contributed by atoms with Gasteiger partial charge in [-0.3, -0.25) is 19.2 Å². The van der Waals surface area contributed by atoms with E-state index in [4.69, 9.17) is 37.0 Å². The van der Waals surface area contributed by atoms with Crippen molar-refractivity contribution in [2.24, 2.45) is 22.9 Å². The van der Waals surface area contributed by atoms with Crippen LogP contribution in [-0.4, -0.2) is 49.7 Å². The van der Waals surface area contributed by atoms with Crippen molar-refractivity contribution in [1.82, 2.24) is 0 Å². The summed E-state index contributed by atoms with van der Waals surface area (Å²) in [5, 5.41) is 0. The molecule has 2 unspecified atom stereocenters. The van der Waals surface area contributed by atoms with Gasteiger partial charge in [-0.2, -0.15) is 0 Å². The zero-order valence-corrected chi connectivity index (χ0v) is 25.7. The van der Waals surface area contributed by atoms with E-state index in [1.165, 1.54) is 0 Å². The lowest BCUT2D eigenvalue weighted by atomic mass is 9.55. The lowest BCUT2D eigenvalue weighted by Crippen LogP contribution is -2.49. The van der Waals surface area contributed by atoms with Crippen LogP contribution in [0.25, 0.3) is 0 Å². The van der Waals surface area contributed by atoms with Crippen molar-refractivity contribution in [2.75, 3.05) is 0 Å². The van der Waals surface area contributed by atoms with Crippen LogP contribution in [0.1, 0.15) is 25.7 Å². The molecule has 240 valence electrons. The van der Waals surface area contributed by atoms with Gasteiger partial charge in [-0.05, 0) is 59.0 Å². The van der Waals surface area contributed by atoms with E-state index in [2.05, 4.69) is 0 Å². The molecule has 0 aliphatic carbocycles. The summed E-state index contributed by atoms with van der Waals surface area (Å²) in [5.41, 5.74) is 25.2. The van der Waals surface area contributed by atoms with Gasteiger partial charge in [0, 0.05) is 12.8 Å². The highest BCUT2D eigenvalue weighted by molar-refractivity contribution is 6.81. The largest absolute Gasteiger partial charge is 0.525 e. The van der Waals surface area contributed by atoms with Gasteiger partial charge in [-0.15, -0.1) is 0 Å². The third kappa shape index (κ3) is 10.3. The van der Waals surface area contributed by atoms with Gasteiger partial charge in [0.15, 0.2) is 0 Å². The Balaban J connectivity index is 1.47. The molecule has 0 bridgehead atoms. The van der Waals surface area contributed by atoms with Crippen LogP contribution in [0.3, 0.4) is 0 Å². The van der Waals surface area contributed by atoms with Crippen LogP contribution in [0, 0.1) is 0 Å². The van der Waals surface area contributed by atoms with Gasteiger partial charge in [0.05, 0.1) is 0 Å². The van der Waals surface area contributed by atoms with Crippen LogP contribution in [0.5, 0.6) is 11.5 Å². The number of carbonyl (C=O) groups is 4. The molecule has 4 aromatic carbocycles. The molecule has 8 N–H and O–H groups in total. The maximum atomic E-state index is 12.8. The molecule has 0 fully saturated rings. The Labute approximate surface area is 273 Å². The molecule has 2 atom stereocenters. The number of ether oxygens (including phenoxy) is 1. The van der Waals surface area contributed by atoms with Crippen molar-refractivity contribution in [2.45, 2.75) is 37.8 Å². The number of primary amides is 2. The minimum absolute atomic E-state index is 0.0239. The first-order valence-electron chi connectivity index (χ1n) is 15.1. The lowest BCUT2D eigenvalue weighted by Gasteiger charge is -2.19. The lowest BCUT2D eigenvalue weighted by molar-refractivity contribution is -0.137. The minimum atomic E-state index is -0.997. The molecule has 0 saturated carbocycles. The summed E-state index contributed by atoms with van der Waals surface area (Å²) in [4.78, 5) is 47.8. The van der Waals surface area contributed by atoms with Crippen LogP contribution < -0.4 is 49.5 Å². The van der Waals surface area contributed by atoms with E-state index in [0.29, 0.717) is 22.4 Å². The van der Waals surface area contributed by atoms with Crippen molar-refractivity contribution in [3.8, 4) is 11.5 Å². The fraction of sp³-hybridized carbons (Fsp3) is 0.176. The van der Waals surface area contributed by atoms with Gasteiger partial charge in [0.2, 0.25) is 11.8 Å². The van der Waals surface area contributed by atoms with E-state index >= 15 is 0 Å². The molecule has 2 amide bonds. The predicted octanol–water partition coefficient (Wildman–Crippen LogP) is -0.0377. The van der Waals surface area contributed by atoms with Crippen molar-refractivity contribution in [3.05, 3.63) is 109 Å². The molecular formula is C34H36B2N4O7. The van der Waals surface area contributed by atoms with E-state index in [1.807, 2.05) is 60.7 Å². The molecular weight excluding hydrogens is 598 g/mol. The molecule has 13 heteroatoms. The second-order valence-electron chi connectivity index (χ2n) is 10.9. The van der Waals surface area contributed by atoms with Gasteiger partial charge in [-0.1, -0.05) is 84.9 Å². The van der Waals surface area contributed by atoms with Crippen molar-refractivity contribution in [1.29, 1.82) is 0 Å². The monoisotopic (exact) mass is 634 g/mol. The molecule has 0 aliphatic heterocycles. The van der Waals surface area contributed by atoms with E-state index in [0.717, 1.165) is 10.9 Å². The Morgan fingerprint density at radius 1 is 0.511 bits per heavy atom. The van der Waals surface area contributed by atoms with E-state index < -0.39 is 49.7 Å². The molecule has 0 aliphatic rings. The van der Waals surface area contributed by atoms with Crippen molar-refractivity contribution < 1.29 is 33.2 Å².